The van der Waals surface area contributed by atoms with E-state index in [1.165, 1.54) is 0 Å². The fraction of sp³-hybridized carbons (Fsp3) is 0.562. The number of likely N-dealkylation sites (tertiary alicyclic amines) is 1. The van der Waals surface area contributed by atoms with E-state index < -0.39 is 5.97 Å². The van der Waals surface area contributed by atoms with E-state index in [0.717, 1.165) is 36.9 Å². The van der Waals surface area contributed by atoms with E-state index in [4.69, 9.17) is 5.11 Å². The van der Waals surface area contributed by atoms with Crippen molar-refractivity contribution in [3.05, 3.63) is 35.4 Å². The van der Waals surface area contributed by atoms with Gasteiger partial charge >= 0.3 is 5.97 Å². The maximum atomic E-state index is 11.4. The van der Waals surface area contributed by atoms with Crippen LogP contribution in [-0.4, -0.2) is 33.7 Å². The van der Waals surface area contributed by atoms with Gasteiger partial charge in [0.05, 0.1) is 6.61 Å². The fourth-order valence-electron chi connectivity index (χ4n) is 2.89. The summed E-state index contributed by atoms with van der Waals surface area (Å²) >= 11 is 0. The van der Waals surface area contributed by atoms with Gasteiger partial charge in [-0.2, -0.15) is 0 Å². The van der Waals surface area contributed by atoms with E-state index in [1.807, 2.05) is 24.3 Å². The first kappa shape index (κ1) is 15.0. The van der Waals surface area contributed by atoms with Crippen LogP contribution >= 0.6 is 0 Å². The first-order valence-corrected chi connectivity index (χ1v) is 7.29. The normalized spacial score (nSPS) is 23.7. The maximum absolute atomic E-state index is 11.4. The summed E-state index contributed by atoms with van der Waals surface area (Å²) in [4.78, 5) is 13.5. The van der Waals surface area contributed by atoms with Gasteiger partial charge in [0.15, 0.2) is 0 Å². The molecule has 4 heteroatoms. The number of carbonyl (C=O) groups is 1. The Labute approximate surface area is 120 Å². The highest BCUT2D eigenvalue weighted by molar-refractivity contribution is 5.73. The van der Waals surface area contributed by atoms with Crippen LogP contribution in [0.4, 0.5) is 0 Å². The molecule has 2 unspecified atom stereocenters. The van der Waals surface area contributed by atoms with E-state index >= 15 is 0 Å². The highest BCUT2D eigenvalue weighted by Crippen LogP contribution is 2.27. The minimum absolute atomic E-state index is 0.0416. The molecule has 1 saturated heterocycles. The number of carboxylic acids is 1. The Kier molecular flexibility index (Phi) is 5.15. The number of piperidine rings is 1. The quantitative estimate of drug-likeness (QED) is 0.866. The minimum Gasteiger partial charge on any atom is -0.480 e. The molecule has 4 nitrogen and oxygen atoms in total. The topological polar surface area (TPSA) is 60.8 Å². The highest BCUT2D eigenvalue weighted by Gasteiger charge is 2.32. The van der Waals surface area contributed by atoms with Crippen LogP contribution in [0.2, 0.25) is 0 Å². The highest BCUT2D eigenvalue weighted by atomic mass is 16.4. The molecule has 1 aliphatic heterocycles. The maximum Gasteiger partial charge on any atom is 0.320 e. The van der Waals surface area contributed by atoms with Crippen LogP contribution in [0.15, 0.2) is 24.3 Å². The molecule has 2 N–H and O–H groups in total. The third kappa shape index (κ3) is 3.58. The Morgan fingerprint density at radius 2 is 1.95 bits per heavy atom. The lowest BCUT2D eigenvalue weighted by atomic mass is 9.88. The lowest BCUT2D eigenvalue weighted by molar-refractivity contribution is -0.145. The molecular formula is C16H23NO3. The van der Waals surface area contributed by atoms with Gasteiger partial charge in [-0.1, -0.05) is 37.6 Å². The summed E-state index contributed by atoms with van der Waals surface area (Å²) < 4.78 is 0. The molecule has 1 aromatic rings. The summed E-state index contributed by atoms with van der Waals surface area (Å²) in [5.74, 6) is -0.181. The number of benzene rings is 1. The lowest BCUT2D eigenvalue weighted by Gasteiger charge is -2.37. The zero-order valence-corrected chi connectivity index (χ0v) is 12.0. The van der Waals surface area contributed by atoms with Gasteiger partial charge in [-0.25, -0.2) is 0 Å². The molecule has 0 spiro atoms. The molecule has 0 saturated carbocycles. The summed E-state index contributed by atoms with van der Waals surface area (Å²) in [5.41, 5.74) is 1.98. The van der Waals surface area contributed by atoms with Crippen molar-refractivity contribution < 1.29 is 15.0 Å². The van der Waals surface area contributed by atoms with Gasteiger partial charge in [-0.15, -0.1) is 0 Å². The molecule has 0 bridgehead atoms. The average Bonchev–Trinajstić information content (AvgIpc) is 2.48. The third-order valence-electron chi connectivity index (χ3n) is 4.28. The van der Waals surface area contributed by atoms with Crippen molar-refractivity contribution in [1.82, 2.24) is 4.90 Å². The number of carboxylic acid groups (broad SMARTS) is 1. The van der Waals surface area contributed by atoms with E-state index in [0.29, 0.717) is 12.5 Å². The van der Waals surface area contributed by atoms with E-state index in [2.05, 4.69) is 11.8 Å². The number of nitrogens with zero attached hydrogens (tertiary/aromatic N) is 1. The van der Waals surface area contributed by atoms with Crippen molar-refractivity contribution in [1.29, 1.82) is 0 Å². The predicted molar refractivity (Wildman–Crippen MR) is 77.2 cm³/mol. The van der Waals surface area contributed by atoms with Crippen LogP contribution in [0.25, 0.3) is 0 Å². The van der Waals surface area contributed by atoms with Crippen LogP contribution in [-0.2, 0) is 17.9 Å². The van der Waals surface area contributed by atoms with Gasteiger partial charge in [0.1, 0.15) is 6.04 Å². The first-order chi connectivity index (χ1) is 9.63. The molecule has 1 aliphatic rings. The molecule has 1 heterocycles. The number of hydrogen-bond donors (Lipinski definition) is 2. The average molecular weight is 277 g/mol. The molecular weight excluding hydrogens is 254 g/mol. The van der Waals surface area contributed by atoms with Gasteiger partial charge in [0.2, 0.25) is 0 Å². The Morgan fingerprint density at radius 3 is 2.50 bits per heavy atom. The Hall–Kier alpha value is -1.39. The summed E-state index contributed by atoms with van der Waals surface area (Å²) in [6.45, 7) is 3.68. The molecule has 0 amide bonds. The van der Waals surface area contributed by atoms with Crippen molar-refractivity contribution in [2.75, 3.05) is 6.54 Å². The Morgan fingerprint density at radius 1 is 1.30 bits per heavy atom. The van der Waals surface area contributed by atoms with Gasteiger partial charge in [0.25, 0.3) is 0 Å². The summed E-state index contributed by atoms with van der Waals surface area (Å²) in [7, 11) is 0. The molecule has 0 aromatic heterocycles. The Bertz CT molecular complexity index is 444. The fourth-order valence-corrected chi connectivity index (χ4v) is 2.89. The Balaban J connectivity index is 2.04. The number of aliphatic hydroxyl groups is 1. The molecule has 2 rings (SSSR count). The van der Waals surface area contributed by atoms with Crippen LogP contribution in [0, 0.1) is 5.92 Å². The van der Waals surface area contributed by atoms with Crippen LogP contribution in [0.1, 0.15) is 37.3 Å². The monoisotopic (exact) mass is 277 g/mol. The van der Waals surface area contributed by atoms with Crippen LogP contribution in [0.3, 0.4) is 0 Å². The number of rotatable bonds is 5. The van der Waals surface area contributed by atoms with E-state index in [1.54, 1.807) is 0 Å². The van der Waals surface area contributed by atoms with Crippen molar-refractivity contribution in [3.8, 4) is 0 Å². The number of aliphatic hydroxyl groups excluding tert-OH is 1. The molecule has 110 valence electrons. The van der Waals surface area contributed by atoms with Gasteiger partial charge in [-0.3, -0.25) is 9.69 Å². The molecule has 1 aromatic carbocycles. The zero-order chi connectivity index (χ0) is 14.5. The zero-order valence-electron chi connectivity index (χ0n) is 12.0. The SMILES string of the molecule is CCC1CCN(Cc2ccc(CO)cc2)C(C(=O)O)C1. The predicted octanol–water partition coefficient (Wildman–Crippen LogP) is 2.25. The second kappa shape index (κ2) is 6.86. The van der Waals surface area contributed by atoms with Crippen molar-refractivity contribution in [2.45, 2.75) is 45.4 Å². The molecule has 0 aliphatic carbocycles. The van der Waals surface area contributed by atoms with Gasteiger partial charge in [-0.05, 0) is 36.4 Å². The second-order valence-electron chi connectivity index (χ2n) is 5.60. The first-order valence-electron chi connectivity index (χ1n) is 7.29. The lowest BCUT2D eigenvalue weighted by Crippen LogP contribution is -2.46. The van der Waals surface area contributed by atoms with E-state index in [-0.39, 0.29) is 12.6 Å². The van der Waals surface area contributed by atoms with Crippen molar-refractivity contribution in [3.63, 3.8) is 0 Å². The molecule has 2 atom stereocenters. The van der Waals surface area contributed by atoms with Crippen molar-refractivity contribution in [2.24, 2.45) is 5.92 Å². The molecule has 0 radical (unpaired) electrons. The second-order valence-corrected chi connectivity index (χ2v) is 5.60. The summed E-state index contributed by atoms with van der Waals surface area (Å²) in [6, 6.07) is 7.35. The summed E-state index contributed by atoms with van der Waals surface area (Å²) in [6.07, 6.45) is 2.89. The van der Waals surface area contributed by atoms with Gasteiger partial charge < -0.3 is 10.2 Å². The molecule has 1 fully saturated rings. The smallest absolute Gasteiger partial charge is 0.320 e. The minimum atomic E-state index is -0.713. The van der Waals surface area contributed by atoms with Crippen LogP contribution < -0.4 is 0 Å². The standard InChI is InChI=1S/C16H23NO3/c1-2-12-7-8-17(15(9-12)16(19)20)10-13-3-5-14(11-18)6-4-13/h3-6,12,15,18H,2,7-11H2,1H3,(H,19,20). The third-order valence-corrected chi connectivity index (χ3v) is 4.28. The van der Waals surface area contributed by atoms with Gasteiger partial charge in [0, 0.05) is 6.54 Å². The van der Waals surface area contributed by atoms with Crippen molar-refractivity contribution >= 4 is 5.97 Å². The van der Waals surface area contributed by atoms with E-state index in [9.17, 15) is 9.90 Å². The summed E-state index contributed by atoms with van der Waals surface area (Å²) in [5, 5.41) is 18.4. The molecule has 20 heavy (non-hydrogen) atoms. The number of hydrogen-bond acceptors (Lipinski definition) is 3. The number of aliphatic carboxylic acids is 1. The van der Waals surface area contributed by atoms with Crippen LogP contribution in [0.5, 0.6) is 0 Å². The largest absolute Gasteiger partial charge is 0.480 e.